The second-order valence-electron chi connectivity index (χ2n) is 2.47. The lowest BCUT2D eigenvalue weighted by Crippen LogP contribution is -2.01. The van der Waals surface area contributed by atoms with Gasteiger partial charge >= 0.3 is 0 Å². The van der Waals surface area contributed by atoms with Crippen molar-refractivity contribution >= 4 is 12.1 Å². The van der Waals surface area contributed by atoms with E-state index in [9.17, 15) is 9.59 Å². The third-order valence-corrected chi connectivity index (χ3v) is 1.62. The van der Waals surface area contributed by atoms with Gasteiger partial charge in [-0.25, -0.2) is 0 Å². The summed E-state index contributed by atoms with van der Waals surface area (Å²) in [5.74, 6) is -0.167. The molecule has 0 radical (unpaired) electrons. The van der Waals surface area contributed by atoms with Gasteiger partial charge in [0.1, 0.15) is 0 Å². The summed E-state index contributed by atoms with van der Waals surface area (Å²) in [7, 11) is 0. The van der Waals surface area contributed by atoms with E-state index in [0.717, 1.165) is 19.3 Å². The maximum absolute atomic E-state index is 11.0. The Hall–Kier alpha value is -1.18. The molecular formula is C9H10O2. The first-order valence-electron chi connectivity index (χ1n) is 3.71. The topological polar surface area (TPSA) is 34.1 Å². The van der Waals surface area contributed by atoms with E-state index >= 15 is 0 Å². The van der Waals surface area contributed by atoms with Crippen LogP contribution < -0.4 is 0 Å². The largest absolute Gasteiger partial charge is 0.298 e. The van der Waals surface area contributed by atoms with Crippen LogP contribution in [0.5, 0.6) is 0 Å². The fourth-order valence-electron chi connectivity index (χ4n) is 0.987. The number of hydrogen-bond acceptors (Lipinski definition) is 2. The van der Waals surface area contributed by atoms with Crippen LogP contribution in [-0.2, 0) is 9.59 Å². The molecule has 0 saturated carbocycles. The van der Waals surface area contributed by atoms with Crippen LogP contribution in [0, 0.1) is 0 Å². The Morgan fingerprint density at radius 1 is 1.36 bits per heavy atom. The van der Waals surface area contributed by atoms with Gasteiger partial charge in [0, 0.05) is 0 Å². The first-order chi connectivity index (χ1) is 5.34. The van der Waals surface area contributed by atoms with Crippen LogP contribution >= 0.6 is 0 Å². The predicted octanol–water partition coefficient (Wildman–Crippen LogP) is 1.42. The van der Waals surface area contributed by atoms with Gasteiger partial charge in [-0.2, -0.15) is 0 Å². The van der Waals surface area contributed by atoms with E-state index in [1.165, 1.54) is 6.08 Å². The van der Waals surface area contributed by atoms with E-state index in [1.807, 2.05) is 6.08 Å². The molecule has 0 bridgehead atoms. The van der Waals surface area contributed by atoms with Crippen LogP contribution in [0.2, 0.25) is 0 Å². The van der Waals surface area contributed by atoms with E-state index in [-0.39, 0.29) is 5.78 Å². The number of hydrogen-bond donors (Lipinski definition) is 0. The number of carbonyl (C=O) groups is 2. The van der Waals surface area contributed by atoms with Crippen molar-refractivity contribution in [2.24, 2.45) is 0 Å². The van der Waals surface area contributed by atoms with Crippen LogP contribution in [0.25, 0.3) is 0 Å². The number of aldehydes is 1. The molecule has 0 aromatic rings. The van der Waals surface area contributed by atoms with Crippen LogP contribution in [0.15, 0.2) is 23.8 Å². The van der Waals surface area contributed by atoms with E-state index in [4.69, 9.17) is 0 Å². The maximum Gasteiger partial charge on any atom is 0.188 e. The van der Waals surface area contributed by atoms with E-state index < -0.39 is 0 Å². The molecule has 0 atom stereocenters. The summed E-state index contributed by atoms with van der Waals surface area (Å²) in [6, 6.07) is 0. The molecular weight excluding hydrogens is 140 g/mol. The second kappa shape index (κ2) is 3.86. The summed E-state index contributed by atoms with van der Waals surface area (Å²) in [5.41, 5.74) is 0.293. The van der Waals surface area contributed by atoms with Gasteiger partial charge in [0.25, 0.3) is 0 Å². The summed E-state index contributed by atoms with van der Waals surface area (Å²) in [5, 5.41) is 0. The van der Waals surface area contributed by atoms with Crippen molar-refractivity contribution in [2.75, 3.05) is 0 Å². The Labute approximate surface area is 65.6 Å². The molecule has 1 aliphatic rings. The smallest absolute Gasteiger partial charge is 0.188 e. The fourth-order valence-corrected chi connectivity index (χ4v) is 0.987. The monoisotopic (exact) mass is 150 g/mol. The molecule has 0 aromatic heterocycles. The number of allylic oxidation sites excluding steroid dienone is 4. The van der Waals surface area contributed by atoms with Crippen molar-refractivity contribution in [3.05, 3.63) is 23.8 Å². The molecule has 58 valence electrons. The third-order valence-electron chi connectivity index (χ3n) is 1.62. The van der Waals surface area contributed by atoms with Crippen LogP contribution in [0.1, 0.15) is 19.3 Å². The molecule has 0 unspecified atom stereocenters. The van der Waals surface area contributed by atoms with Gasteiger partial charge in [0.15, 0.2) is 12.1 Å². The first kappa shape index (κ1) is 7.92. The number of ketones is 1. The molecule has 0 aromatic carbocycles. The second-order valence-corrected chi connectivity index (χ2v) is 2.47. The fraction of sp³-hybridized carbons (Fsp3) is 0.333. The van der Waals surface area contributed by atoms with Crippen LogP contribution in [0.3, 0.4) is 0 Å². The van der Waals surface area contributed by atoms with Crippen LogP contribution in [0.4, 0.5) is 0 Å². The molecule has 0 fully saturated rings. The first-order valence-corrected chi connectivity index (χ1v) is 3.71. The minimum absolute atomic E-state index is 0.167. The zero-order valence-corrected chi connectivity index (χ0v) is 6.25. The van der Waals surface area contributed by atoms with Gasteiger partial charge in [-0.15, -0.1) is 0 Å². The normalized spacial score (nSPS) is 21.5. The minimum atomic E-state index is -0.167. The molecule has 0 saturated heterocycles. The van der Waals surface area contributed by atoms with Gasteiger partial charge < -0.3 is 0 Å². The highest BCUT2D eigenvalue weighted by atomic mass is 16.1. The molecule has 0 aliphatic heterocycles. The zero-order chi connectivity index (χ0) is 8.10. The molecule has 0 N–H and O–H groups in total. The lowest BCUT2D eigenvalue weighted by atomic mass is 10.1. The minimum Gasteiger partial charge on any atom is -0.298 e. The SMILES string of the molecule is O=CC1=CCCC/C=C\C1=O. The molecule has 1 rings (SSSR count). The Morgan fingerprint density at radius 2 is 2.18 bits per heavy atom. The van der Waals surface area contributed by atoms with E-state index in [2.05, 4.69) is 0 Å². The summed E-state index contributed by atoms with van der Waals surface area (Å²) < 4.78 is 0. The van der Waals surface area contributed by atoms with Crippen molar-refractivity contribution in [3.8, 4) is 0 Å². The highest BCUT2D eigenvalue weighted by Crippen LogP contribution is 2.06. The van der Waals surface area contributed by atoms with Gasteiger partial charge in [-0.1, -0.05) is 12.2 Å². The summed E-state index contributed by atoms with van der Waals surface area (Å²) >= 11 is 0. The average molecular weight is 150 g/mol. The van der Waals surface area contributed by atoms with Crippen molar-refractivity contribution in [3.63, 3.8) is 0 Å². The van der Waals surface area contributed by atoms with Gasteiger partial charge in [-0.05, 0) is 25.3 Å². The lowest BCUT2D eigenvalue weighted by molar-refractivity contribution is -0.114. The molecule has 0 heterocycles. The Balaban J connectivity index is 2.79. The third kappa shape index (κ3) is 2.15. The molecule has 11 heavy (non-hydrogen) atoms. The summed E-state index contributed by atoms with van der Waals surface area (Å²) in [4.78, 5) is 21.3. The number of rotatable bonds is 1. The van der Waals surface area contributed by atoms with Crippen LogP contribution in [-0.4, -0.2) is 12.1 Å². The zero-order valence-electron chi connectivity index (χ0n) is 6.25. The molecule has 1 aliphatic carbocycles. The highest BCUT2D eigenvalue weighted by Gasteiger charge is 2.04. The summed E-state index contributed by atoms with van der Waals surface area (Å²) in [6.07, 6.45) is 8.38. The Morgan fingerprint density at radius 3 is 2.91 bits per heavy atom. The van der Waals surface area contributed by atoms with Crippen molar-refractivity contribution < 1.29 is 9.59 Å². The molecule has 2 heteroatoms. The standard InChI is InChI=1S/C9H10O2/c10-7-8-5-3-1-2-4-6-9(8)11/h4-7H,1-3H2/b6-4-,8-5?. The Bertz CT molecular complexity index is 224. The molecule has 0 spiro atoms. The van der Waals surface area contributed by atoms with Gasteiger partial charge in [0.05, 0.1) is 5.57 Å². The number of carbonyl (C=O) groups excluding carboxylic acids is 2. The van der Waals surface area contributed by atoms with Gasteiger partial charge in [-0.3, -0.25) is 9.59 Å². The molecule has 2 nitrogen and oxygen atoms in total. The van der Waals surface area contributed by atoms with E-state index in [0.29, 0.717) is 11.9 Å². The van der Waals surface area contributed by atoms with Gasteiger partial charge in [0.2, 0.25) is 0 Å². The molecule has 0 amide bonds. The maximum atomic E-state index is 11.0. The highest BCUT2D eigenvalue weighted by molar-refractivity contribution is 6.17. The van der Waals surface area contributed by atoms with Crippen molar-refractivity contribution in [1.82, 2.24) is 0 Å². The predicted molar refractivity (Wildman–Crippen MR) is 42.1 cm³/mol. The quantitative estimate of drug-likeness (QED) is 0.418. The lowest BCUT2D eigenvalue weighted by Gasteiger charge is -1.98. The van der Waals surface area contributed by atoms with Crippen molar-refractivity contribution in [2.45, 2.75) is 19.3 Å². The van der Waals surface area contributed by atoms with Crippen molar-refractivity contribution in [1.29, 1.82) is 0 Å². The van der Waals surface area contributed by atoms with E-state index in [1.54, 1.807) is 6.08 Å². The summed E-state index contributed by atoms with van der Waals surface area (Å²) in [6.45, 7) is 0. The Kier molecular flexibility index (Phi) is 2.78. The average Bonchev–Trinajstić information content (AvgIpc) is 1.98.